The number of aryl methyl sites for hydroxylation is 1. The van der Waals surface area contributed by atoms with E-state index in [1.165, 1.54) is 11.3 Å². The molecule has 1 unspecified atom stereocenters. The van der Waals surface area contributed by atoms with E-state index in [1.54, 1.807) is 12.1 Å². The van der Waals surface area contributed by atoms with Crippen molar-refractivity contribution in [2.45, 2.75) is 12.5 Å². The van der Waals surface area contributed by atoms with Crippen LogP contribution in [0.4, 0.5) is 0 Å². The van der Waals surface area contributed by atoms with Crippen molar-refractivity contribution in [1.29, 1.82) is 0 Å². The van der Waals surface area contributed by atoms with Crippen LogP contribution in [0, 0.1) is 6.92 Å². The van der Waals surface area contributed by atoms with Gasteiger partial charge in [0.15, 0.2) is 5.54 Å². The predicted molar refractivity (Wildman–Crippen MR) is 85.0 cm³/mol. The summed E-state index contributed by atoms with van der Waals surface area (Å²) in [6.07, 6.45) is 0. The summed E-state index contributed by atoms with van der Waals surface area (Å²) in [5.41, 5.74) is 13.2. The molecule has 106 valence electrons. The van der Waals surface area contributed by atoms with Crippen LogP contribution in [0.5, 0.6) is 0 Å². The number of fused-ring (bicyclic) bond motifs is 1. The van der Waals surface area contributed by atoms with Crippen LogP contribution in [-0.4, -0.2) is 10.9 Å². The van der Waals surface area contributed by atoms with Crippen molar-refractivity contribution in [2.24, 2.45) is 11.5 Å². The van der Waals surface area contributed by atoms with Crippen molar-refractivity contribution < 1.29 is 4.79 Å². The number of carbonyl (C=O) groups excluding carboxylic acids is 1. The van der Waals surface area contributed by atoms with Gasteiger partial charge in [0.25, 0.3) is 0 Å². The third kappa shape index (κ3) is 2.20. The molecular weight excluding hydrogens is 282 g/mol. The number of rotatable bonds is 3. The van der Waals surface area contributed by atoms with Gasteiger partial charge in [0, 0.05) is 0 Å². The lowest BCUT2D eigenvalue weighted by molar-refractivity contribution is -0.122. The van der Waals surface area contributed by atoms with Gasteiger partial charge >= 0.3 is 0 Å². The average Bonchev–Trinajstić information content (AvgIpc) is 2.90. The molecule has 1 atom stereocenters. The van der Waals surface area contributed by atoms with E-state index >= 15 is 0 Å². The maximum atomic E-state index is 12.0. The molecule has 0 saturated carbocycles. The van der Waals surface area contributed by atoms with Crippen LogP contribution in [0.15, 0.2) is 48.5 Å². The fraction of sp³-hybridized carbons (Fsp3) is 0.125. The van der Waals surface area contributed by atoms with Crippen LogP contribution in [0.2, 0.25) is 0 Å². The zero-order valence-electron chi connectivity index (χ0n) is 11.5. The van der Waals surface area contributed by atoms with E-state index in [0.29, 0.717) is 10.6 Å². The molecule has 0 aliphatic rings. The minimum absolute atomic E-state index is 0.516. The van der Waals surface area contributed by atoms with Gasteiger partial charge in [-0.1, -0.05) is 36.4 Å². The summed E-state index contributed by atoms with van der Waals surface area (Å²) in [5, 5.41) is 0.516. The summed E-state index contributed by atoms with van der Waals surface area (Å²) in [5.74, 6) is -0.607. The summed E-state index contributed by atoms with van der Waals surface area (Å²) >= 11 is 1.40. The zero-order chi connectivity index (χ0) is 15.0. The topological polar surface area (TPSA) is 82.0 Å². The predicted octanol–water partition coefficient (Wildman–Crippen LogP) is 2.29. The van der Waals surface area contributed by atoms with E-state index in [9.17, 15) is 4.79 Å². The summed E-state index contributed by atoms with van der Waals surface area (Å²) in [6, 6.07) is 15.1. The van der Waals surface area contributed by atoms with E-state index in [1.807, 2.05) is 43.3 Å². The SMILES string of the molecule is Cc1ccc2nc(C(N)(C(N)=O)c3ccccc3)sc2c1. The Bertz CT molecular complexity index is 813. The Labute approximate surface area is 126 Å². The van der Waals surface area contributed by atoms with Gasteiger partial charge < -0.3 is 11.5 Å². The van der Waals surface area contributed by atoms with Gasteiger partial charge in [-0.05, 0) is 30.2 Å². The second-order valence-corrected chi connectivity index (χ2v) is 6.06. The molecule has 0 fully saturated rings. The highest BCUT2D eigenvalue weighted by Gasteiger charge is 2.39. The summed E-state index contributed by atoms with van der Waals surface area (Å²) in [7, 11) is 0. The molecule has 2 aromatic carbocycles. The Morgan fingerprint density at radius 2 is 1.90 bits per heavy atom. The van der Waals surface area contributed by atoms with Crippen molar-refractivity contribution >= 4 is 27.5 Å². The lowest BCUT2D eigenvalue weighted by Gasteiger charge is -2.23. The molecule has 1 amide bonds. The first-order valence-electron chi connectivity index (χ1n) is 6.54. The second-order valence-electron chi connectivity index (χ2n) is 5.03. The Morgan fingerprint density at radius 3 is 2.57 bits per heavy atom. The minimum atomic E-state index is -1.40. The first-order chi connectivity index (χ1) is 10.0. The van der Waals surface area contributed by atoms with Gasteiger partial charge in [-0.3, -0.25) is 4.79 Å². The van der Waals surface area contributed by atoms with Crippen molar-refractivity contribution in [3.8, 4) is 0 Å². The highest BCUT2D eigenvalue weighted by molar-refractivity contribution is 7.18. The van der Waals surface area contributed by atoms with E-state index in [0.717, 1.165) is 15.8 Å². The number of benzene rings is 2. The van der Waals surface area contributed by atoms with Crippen LogP contribution >= 0.6 is 11.3 Å². The smallest absolute Gasteiger partial charge is 0.249 e. The molecule has 0 aliphatic carbocycles. The number of aromatic nitrogens is 1. The molecule has 4 nitrogen and oxygen atoms in total. The van der Waals surface area contributed by atoms with Crippen molar-refractivity contribution in [1.82, 2.24) is 4.98 Å². The van der Waals surface area contributed by atoms with Gasteiger partial charge in [-0.15, -0.1) is 11.3 Å². The number of thiazole rings is 1. The third-order valence-corrected chi connectivity index (χ3v) is 4.65. The summed E-state index contributed by atoms with van der Waals surface area (Å²) < 4.78 is 0.997. The highest BCUT2D eigenvalue weighted by atomic mass is 32.1. The van der Waals surface area contributed by atoms with Gasteiger partial charge in [0.1, 0.15) is 5.01 Å². The number of amides is 1. The molecule has 0 saturated heterocycles. The highest BCUT2D eigenvalue weighted by Crippen LogP contribution is 2.33. The third-order valence-electron chi connectivity index (χ3n) is 3.50. The van der Waals surface area contributed by atoms with Gasteiger partial charge in [-0.2, -0.15) is 0 Å². The number of nitrogens with two attached hydrogens (primary N) is 2. The van der Waals surface area contributed by atoms with E-state index in [2.05, 4.69) is 4.98 Å². The molecule has 0 bridgehead atoms. The molecule has 0 spiro atoms. The quantitative estimate of drug-likeness (QED) is 0.778. The van der Waals surface area contributed by atoms with Gasteiger partial charge in [0.2, 0.25) is 5.91 Å². The Morgan fingerprint density at radius 1 is 1.19 bits per heavy atom. The van der Waals surface area contributed by atoms with Gasteiger partial charge in [0.05, 0.1) is 10.2 Å². The molecule has 5 heteroatoms. The maximum absolute atomic E-state index is 12.0. The number of hydrogen-bond donors (Lipinski definition) is 2. The van der Waals surface area contributed by atoms with Crippen molar-refractivity contribution in [2.75, 3.05) is 0 Å². The van der Waals surface area contributed by atoms with Crippen LogP contribution in [0.1, 0.15) is 16.1 Å². The lowest BCUT2D eigenvalue weighted by atomic mass is 9.91. The van der Waals surface area contributed by atoms with Crippen molar-refractivity contribution in [3.63, 3.8) is 0 Å². The molecule has 0 aliphatic heterocycles. The Hall–Kier alpha value is -2.24. The van der Waals surface area contributed by atoms with Gasteiger partial charge in [-0.25, -0.2) is 4.98 Å². The molecule has 3 rings (SSSR count). The summed E-state index contributed by atoms with van der Waals surface area (Å²) in [6.45, 7) is 2.01. The fourth-order valence-corrected chi connectivity index (χ4v) is 3.47. The Balaban J connectivity index is 2.22. The van der Waals surface area contributed by atoms with Crippen LogP contribution < -0.4 is 11.5 Å². The number of hydrogen-bond acceptors (Lipinski definition) is 4. The Kier molecular flexibility index (Phi) is 3.23. The fourth-order valence-electron chi connectivity index (χ4n) is 2.27. The van der Waals surface area contributed by atoms with Crippen LogP contribution in [-0.2, 0) is 10.3 Å². The largest absolute Gasteiger partial charge is 0.367 e. The zero-order valence-corrected chi connectivity index (χ0v) is 12.4. The molecule has 4 N–H and O–H groups in total. The number of nitrogens with zero attached hydrogens (tertiary/aromatic N) is 1. The summed E-state index contributed by atoms with van der Waals surface area (Å²) in [4.78, 5) is 16.5. The van der Waals surface area contributed by atoms with E-state index in [-0.39, 0.29) is 0 Å². The van der Waals surface area contributed by atoms with Crippen LogP contribution in [0.25, 0.3) is 10.2 Å². The maximum Gasteiger partial charge on any atom is 0.249 e. The standard InChI is InChI=1S/C16H15N3OS/c1-10-7-8-12-13(9-10)21-15(19-12)16(18,14(17)20)11-5-3-2-4-6-11/h2-9H,18H2,1H3,(H2,17,20). The number of primary amides is 1. The van der Waals surface area contributed by atoms with E-state index < -0.39 is 11.4 Å². The monoisotopic (exact) mass is 297 g/mol. The lowest BCUT2D eigenvalue weighted by Crippen LogP contribution is -2.49. The average molecular weight is 297 g/mol. The number of carbonyl (C=O) groups is 1. The second kappa shape index (κ2) is 4.95. The van der Waals surface area contributed by atoms with Crippen molar-refractivity contribution in [3.05, 3.63) is 64.7 Å². The first-order valence-corrected chi connectivity index (χ1v) is 7.35. The molecule has 1 aromatic heterocycles. The van der Waals surface area contributed by atoms with Crippen LogP contribution in [0.3, 0.4) is 0 Å². The molecular formula is C16H15N3OS. The molecule has 3 aromatic rings. The molecule has 0 radical (unpaired) electrons. The first kappa shape index (κ1) is 13.7. The minimum Gasteiger partial charge on any atom is -0.367 e. The molecule has 21 heavy (non-hydrogen) atoms. The normalized spacial score (nSPS) is 14.0. The van der Waals surface area contributed by atoms with E-state index in [4.69, 9.17) is 11.5 Å². The molecule has 1 heterocycles.